The molecule has 0 saturated carbocycles. The van der Waals surface area contributed by atoms with Gasteiger partial charge in [-0.15, -0.1) is 0 Å². The molecule has 0 aliphatic carbocycles. The Morgan fingerprint density at radius 1 is 1.38 bits per heavy atom. The van der Waals surface area contributed by atoms with Crippen molar-refractivity contribution in [2.45, 2.75) is 6.92 Å². The van der Waals surface area contributed by atoms with Crippen LogP contribution in [0.5, 0.6) is 0 Å². The summed E-state index contributed by atoms with van der Waals surface area (Å²) in [7, 11) is 0. The molecular formula is C15H10ClFN2O2. The second-order valence-corrected chi connectivity index (χ2v) is 5.06. The van der Waals surface area contributed by atoms with Crippen LogP contribution >= 0.6 is 11.6 Å². The topological polar surface area (TPSA) is 55.1 Å². The van der Waals surface area contributed by atoms with Crippen LogP contribution in [0.2, 0.25) is 5.02 Å². The third kappa shape index (κ3) is 2.15. The first-order chi connectivity index (χ1) is 9.99. The van der Waals surface area contributed by atoms with Gasteiger partial charge in [-0.1, -0.05) is 17.7 Å². The highest BCUT2D eigenvalue weighted by molar-refractivity contribution is 6.32. The van der Waals surface area contributed by atoms with E-state index >= 15 is 0 Å². The number of carbonyl (C=O) groups is 1. The van der Waals surface area contributed by atoms with Gasteiger partial charge in [0.25, 0.3) is 0 Å². The lowest BCUT2D eigenvalue weighted by Gasteiger charge is -2.08. The highest BCUT2D eigenvalue weighted by atomic mass is 35.5. The van der Waals surface area contributed by atoms with Gasteiger partial charge in [0.2, 0.25) is 0 Å². The Labute approximate surface area is 124 Å². The van der Waals surface area contributed by atoms with E-state index in [0.717, 1.165) is 0 Å². The lowest BCUT2D eigenvalue weighted by molar-refractivity contribution is 0.0699. The van der Waals surface area contributed by atoms with Crippen molar-refractivity contribution in [1.82, 2.24) is 9.78 Å². The summed E-state index contributed by atoms with van der Waals surface area (Å²) in [6.07, 6.45) is 1.44. The lowest BCUT2D eigenvalue weighted by Crippen LogP contribution is -2.00. The van der Waals surface area contributed by atoms with Gasteiger partial charge in [-0.3, -0.25) is 0 Å². The Bertz CT molecular complexity index is 873. The van der Waals surface area contributed by atoms with Gasteiger partial charge in [0.05, 0.1) is 28.0 Å². The minimum atomic E-state index is -1.04. The quantitative estimate of drug-likeness (QED) is 0.783. The van der Waals surface area contributed by atoms with Crippen molar-refractivity contribution in [3.63, 3.8) is 0 Å². The van der Waals surface area contributed by atoms with Gasteiger partial charge < -0.3 is 5.11 Å². The van der Waals surface area contributed by atoms with E-state index in [1.54, 1.807) is 19.1 Å². The Morgan fingerprint density at radius 3 is 2.86 bits per heavy atom. The molecular weight excluding hydrogens is 295 g/mol. The van der Waals surface area contributed by atoms with Gasteiger partial charge in [-0.2, -0.15) is 5.10 Å². The van der Waals surface area contributed by atoms with Crippen LogP contribution in [0.1, 0.15) is 15.9 Å². The molecule has 1 N–H and O–H groups in total. The number of carboxylic acid groups (broad SMARTS) is 1. The molecule has 0 spiro atoms. The molecule has 21 heavy (non-hydrogen) atoms. The van der Waals surface area contributed by atoms with Crippen molar-refractivity contribution in [3.8, 4) is 5.69 Å². The summed E-state index contributed by atoms with van der Waals surface area (Å²) in [5, 5.41) is 14.1. The second kappa shape index (κ2) is 4.86. The first-order valence-corrected chi connectivity index (χ1v) is 6.53. The number of carboxylic acids is 1. The molecule has 0 aliphatic rings. The molecule has 0 fully saturated rings. The van der Waals surface area contributed by atoms with Crippen LogP contribution in [0.15, 0.2) is 36.5 Å². The molecule has 2 aromatic carbocycles. The van der Waals surface area contributed by atoms with Gasteiger partial charge >= 0.3 is 5.97 Å². The maximum atomic E-state index is 13.8. The number of aryl methyl sites for hydroxylation is 1. The minimum absolute atomic E-state index is 0.141. The monoisotopic (exact) mass is 304 g/mol. The number of hydrogen-bond donors (Lipinski definition) is 1. The van der Waals surface area contributed by atoms with Crippen molar-refractivity contribution in [1.29, 1.82) is 0 Å². The molecule has 0 amide bonds. The van der Waals surface area contributed by atoms with E-state index in [9.17, 15) is 14.3 Å². The fourth-order valence-corrected chi connectivity index (χ4v) is 2.53. The van der Waals surface area contributed by atoms with Crippen molar-refractivity contribution >= 4 is 28.5 Å². The van der Waals surface area contributed by atoms with E-state index in [4.69, 9.17) is 11.6 Å². The van der Waals surface area contributed by atoms with Gasteiger partial charge in [0, 0.05) is 11.5 Å². The molecule has 0 radical (unpaired) electrons. The molecule has 106 valence electrons. The number of halogens is 2. The highest BCUT2D eigenvalue weighted by Gasteiger charge is 2.15. The predicted molar refractivity (Wildman–Crippen MR) is 77.7 cm³/mol. The van der Waals surface area contributed by atoms with E-state index in [-0.39, 0.29) is 5.56 Å². The number of benzene rings is 2. The molecule has 3 rings (SSSR count). The van der Waals surface area contributed by atoms with Gasteiger partial charge in [0.1, 0.15) is 5.82 Å². The van der Waals surface area contributed by atoms with E-state index in [0.29, 0.717) is 27.2 Å². The van der Waals surface area contributed by atoms with Crippen LogP contribution in [-0.2, 0) is 0 Å². The second-order valence-electron chi connectivity index (χ2n) is 4.65. The highest BCUT2D eigenvalue weighted by Crippen LogP contribution is 2.28. The summed E-state index contributed by atoms with van der Waals surface area (Å²) in [4.78, 5) is 11.2. The molecule has 1 aromatic heterocycles. The molecule has 0 unspecified atom stereocenters. The SMILES string of the molecule is Cc1cc(Cl)c(-n2ncc3c(C(=O)O)cccc32)cc1F. The Morgan fingerprint density at radius 2 is 2.14 bits per heavy atom. The van der Waals surface area contributed by atoms with E-state index in [2.05, 4.69) is 5.10 Å². The number of fused-ring (bicyclic) bond motifs is 1. The van der Waals surface area contributed by atoms with Crippen molar-refractivity contribution in [2.24, 2.45) is 0 Å². The van der Waals surface area contributed by atoms with Crippen molar-refractivity contribution in [3.05, 3.63) is 58.5 Å². The number of hydrogen-bond acceptors (Lipinski definition) is 2. The van der Waals surface area contributed by atoms with Crippen molar-refractivity contribution < 1.29 is 14.3 Å². The predicted octanol–water partition coefficient (Wildman–Crippen LogP) is 3.82. The normalized spacial score (nSPS) is 11.0. The van der Waals surface area contributed by atoms with Crippen molar-refractivity contribution in [2.75, 3.05) is 0 Å². The third-order valence-electron chi connectivity index (χ3n) is 3.30. The first kappa shape index (κ1) is 13.6. The van der Waals surface area contributed by atoms with Crippen LogP contribution in [0.4, 0.5) is 4.39 Å². The van der Waals surface area contributed by atoms with E-state index in [1.165, 1.54) is 29.1 Å². The molecule has 1 heterocycles. The number of nitrogens with zero attached hydrogens (tertiary/aromatic N) is 2. The third-order valence-corrected chi connectivity index (χ3v) is 3.60. The van der Waals surface area contributed by atoms with Crippen LogP contribution in [0.25, 0.3) is 16.6 Å². The maximum absolute atomic E-state index is 13.8. The van der Waals surface area contributed by atoms with E-state index < -0.39 is 11.8 Å². The van der Waals surface area contributed by atoms with Crippen LogP contribution in [0, 0.1) is 12.7 Å². The fourth-order valence-electron chi connectivity index (χ4n) is 2.23. The van der Waals surface area contributed by atoms with Crippen LogP contribution in [0.3, 0.4) is 0 Å². The smallest absolute Gasteiger partial charge is 0.336 e. The minimum Gasteiger partial charge on any atom is -0.478 e. The summed E-state index contributed by atoms with van der Waals surface area (Å²) in [5.74, 6) is -1.44. The standard InChI is InChI=1S/C15H10ClFN2O2/c1-8-5-11(16)14(6-12(8)17)19-13-4-2-3-9(15(20)21)10(13)7-18-19/h2-7H,1H3,(H,20,21). The largest absolute Gasteiger partial charge is 0.478 e. The summed E-state index contributed by atoms with van der Waals surface area (Å²) >= 11 is 6.15. The maximum Gasteiger partial charge on any atom is 0.336 e. The zero-order valence-corrected chi connectivity index (χ0v) is 11.7. The Hall–Kier alpha value is -2.40. The Kier molecular flexibility index (Phi) is 3.14. The molecule has 6 heteroatoms. The van der Waals surface area contributed by atoms with Crippen LogP contribution < -0.4 is 0 Å². The first-order valence-electron chi connectivity index (χ1n) is 6.15. The van der Waals surface area contributed by atoms with Gasteiger partial charge in [-0.05, 0) is 30.7 Å². The molecule has 3 aromatic rings. The van der Waals surface area contributed by atoms with Gasteiger partial charge in [0.15, 0.2) is 0 Å². The molecule has 0 aliphatic heterocycles. The number of aromatic carboxylic acids is 1. The Balaban J connectivity index is 2.30. The van der Waals surface area contributed by atoms with E-state index in [1.807, 2.05) is 0 Å². The summed E-state index contributed by atoms with van der Waals surface area (Å²) in [6.45, 7) is 1.62. The fraction of sp³-hybridized carbons (Fsp3) is 0.0667. The average Bonchev–Trinajstić information content (AvgIpc) is 2.86. The lowest BCUT2D eigenvalue weighted by atomic mass is 10.1. The number of aromatic nitrogens is 2. The molecule has 0 bridgehead atoms. The van der Waals surface area contributed by atoms with Gasteiger partial charge in [-0.25, -0.2) is 13.9 Å². The molecule has 0 atom stereocenters. The molecule has 0 saturated heterocycles. The average molecular weight is 305 g/mol. The molecule has 4 nitrogen and oxygen atoms in total. The van der Waals surface area contributed by atoms with Crippen LogP contribution in [-0.4, -0.2) is 20.9 Å². The summed E-state index contributed by atoms with van der Waals surface area (Å²) < 4.78 is 15.2. The zero-order chi connectivity index (χ0) is 15.1. The summed E-state index contributed by atoms with van der Waals surface area (Å²) in [6, 6.07) is 7.62. The summed E-state index contributed by atoms with van der Waals surface area (Å²) in [5.41, 5.74) is 1.51. The number of rotatable bonds is 2. The zero-order valence-electron chi connectivity index (χ0n) is 11.0.